The van der Waals surface area contributed by atoms with Crippen LogP contribution in [0.2, 0.25) is 18.1 Å². The Morgan fingerprint density at radius 1 is 1.03 bits per heavy atom. The second kappa shape index (κ2) is 9.77. The van der Waals surface area contributed by atoms with Gasteiger partial charge in [-0.2, -0.15) is 0 Å². The number of hydrogen-bond acceptors (Lipinski definition) is 4. The van der Waals surface area contributed by atoms with Gasteiger partial charge in [-0.05, 0) is 67.7 Å². The molecule has 0 amide bonds. The maximum absolute atomic E-state index is 13.5. The van der Waals surface area contributed by atoms with Gasteiger partial charge in [0, 0.05) is 19.6 Å². The van der Waals surface area contributed by atoms with Crippen LogP contribution in [0.25, 0.3) is 0 Å². The molecule has 2 aromatic carbocycles. The largest absolute Gasteiger partial charge is 0.329 e. The van der Waals surface area contributed by atoms with Crippen molar-refractivity contribution in [1.82, 2.24) is 9.37 Å². The summed E-state index contributed by atoms with van der Waals surface area (Å²) in [5.74, 6) is 0. The highest BCUT2D eigenvalue weighted by atomic mass is 32.2. The van der Waals surface area contributed by atoms with Gasteiger partial charge >= 0.3 is 0 Å². The highest BCUT2D eigenvalue weighted by Gasteiger charge is 2.42. The summed E-state index contributed by atoms with van der Waals surface area (Å²) in [4.78, 5) is 2.69. The van der Waals surface area contributed by atoms with Crippen molar-refractivity contribution in [2.75, 3.05) is 19.6 Å². The lowest BCUT2D eigenvalue weighted by Gasteiger charge is -2.39. The van der Waals surface area contributed by atoms with E-state index in [1.165, 1.54) is 15.6 Å². The molecule has 0 saturated heterocycles. The molecule has 7 heteroatoms. The average molecular weight is 475 g/mol. The molecule has 3 rings (SSSR count). The second-order valence-electron chi connectivity index (χ2n) is 10.3. The molecule has 0 saturated carbocycles. The lowest BCUT2D eigenvalue weighted by atomic mass is 10.00. The lowest BCUT2D eigenvalue weighted by Crippen LogP contribution is -2.49. The molecule has 0 fully saturated rings. The van der Waals surface area contributed by atoms with Crippen LogP contribution in [0.4, 0.5) is 0 Å². The first kappa shape index (κ1) is 25.1. The Balaban J connectivity index is 1.73. The number of hydroxylamine groups is 1. The summed E-state index contributed by atoms with van der Waals surface area (Å²) in [6, 6.07) is 15.6. The molecule has 5 nitrogen and oxygen atoms in total. The molecule has 0 aromatic heterocycles. The minimum absolute atomic E-state index is 0.0926. The predicted octanol–water partition coefficient (Wildman–Crippen LogP) is 5.37. The third-order valence-corrected chi connectivity index (χ3v) is 12.8. The van der Waals surface area contributed by atoms with Crippen molar-refractivity contribution in [3.8, 4) is 0 Å². The van der Waals surface area contributed by atoms with E-state index in [2.05, 4.69) is 63.0 Å². The van der Waals surface area contributed by atoms with E-state index in [0.29, 0.717) is 6.54 Å². The van der Waals surface area contributed by atoms with Crippen LogP contribution in [-0.4, -0.2) is 45.7 Å². The summed E-state index contributed by atoms with van der Waals surface area (Å²) in [5.41, 5.74) is 3.83. The molecule has 0 N–H and O–H groups in total. The number of rotatable bonds is 8. The van der Waals surface area contributed by atoms with Crippen LogP contribution < -0.4 is 0 Å². The Bertz CT molecular complexity index is 1010. The van der Waals surface area contributed by atoms with Gasteiger partial charge in [-0.1, -0.05) is 67.2 Å². The zero-order chi connectivity index (χ0) is 23.6. The SMILES string of the molecule is Cc1ccc(S(=O)(=O)N(CCCN2CCc3ccccc3C2)O[Si](C)(C)C(C)(C)C)cc1. The van der Waals surface area contributed by atoms with Crippen LogP contribution in [0.1, 0.15) is 43.9 Å². The maximum atomic E-state index is 13.5. The van der Waals surface area contributed by atoms with Crippen molar-refractivity contribution in [3.63, 3.8) is 0 Å². The van der Waals surface area contributed by atoms with Crippen molar-refractivity contribution in [2.24, 2.45) is 0 Å². The third-order valence-electron chi connectivity index (χ3n) is 6.75. The molecular formula is C25H38N2O3SSi. The summed E-state index contributed by atoms with van der Waals surface area (Å²) in [6.07, 6.45) is 1.77. The maximum Gasteiger partial charge on any atom is 0.264 e. The standard InChI is InChI=1S/C25H38N2O3SSi/c1-21-12-14-24(15-13-21)31(28,29)27(30-32(5,6)25(2,3)4)18-9-17-26-19-16-22-10-7-8-11-23(22)20-26/h7-8,10-15H,9,16-20H2,1-6H3. The van der Waals surface area contributed by atoms with E-state index in [0.717, 1.165) is 38.0 Å². The topological polar surface area (TPSA) is 49.9 Å². The number of benzene rings is 2. The van der Waals surface area contributed by atoms with Crippen LogP contribution in [-0.2, 0) is 27.5 Å². The molecule has 0 spiro atoms. The molecule has 1 aliphatic rings. The van der Waals surface area contributed by atoms with Crippen LogP contribution in [0, 0.1) is 6.92 Å². The summed E-state index contributed by atoms with van der Waals surface area (Å²) >= 11 is 0. The van der Waals surface area contributed by atoms with Gasteiger partial charge in [-0.15, -0.1) is 0 Å². The fourth-order valence-electron chi connectivity index (χ4n) is 3.60. The molecule has 1 aliphatic heterocycles. The first-order chi connectivity index (χ1) is 14.9. The Morgan fingerprint density at radius 3 is 2.28 bits per heavy atom. The van der Waals surface area contributed by atoms with E-state index in [-0.39, 0.29) is 9.93 Å². The molecule has 0 aliphatic carbocycles. The van der Waals surface area contributed by atoms with Crippen molar-refractivity contribution >= 4 is 18.3 Å². The van der Waals surface area contributed by atoms with E-state index in [4.69, 9.17) is 4.53 Å². The van der Waals surface area contributed by atoms with Gasteiger partial charge in [-0.3, -0.25) is 4.90 Å². The van der Waals surface area contributed by atoms with Crippen LogP contribution in [0.5, 0.6) is 0 Å². The van der Waals surface area contributed by atoms with Crippen molar-refractivity contribution in [2.45, 2.75) is 70.1 Å². The number of sulfonamides is 1. The number of aryl methyl sites for hydroxylation is 1. The summed E-state index contributed by atoms with van der Waals surface area (Å²) < 4.78 is 34.7. The van der Waals surface area contributed by atoms with Gasteiger partial charge in [0.2, 0.25) is 8.32 Å². The van der Waals surface area contributed by atoms with Crippen LogP contribution in [0.15, 0.2) is 53.4 Å². The molecule has 2 aromatic rings. The molecule has 0 bridgehead atoms. The Morgan fingerprint density at radius 2 is 1.66 bits per heavy atom. The van der Waals surface area contributed by atoms with Gasteiger partial charge in [0.05, 0.1) is 4.90 Å². The predicted molar refractivity (Wildman–Crippen MR) is 133 cm³/mol. The Kier molecular flexibility index (Phi) is 7.67. The summed E-state index contributed by atoms with van der Waals surface area (Å²) in [7, 11) is -6.06. The number of nitrogens with zero attached hydrogens (tertiary/aromatic N) is 2. The second-order valence-corrected chi connectivity index (χ2v) is 16.9. The number of fused-ring (bicyclic) bond motifs is 1. The monoisotopic (exact) mass is 474 g/mol. The highest BCUT2D eigenvalue weighted by molar-refractivity contribution is 7.89. The minimum atomic E-state index is -3.74. The van der Waals surface area contributed by atoms with E-state index in [1.807, 2.05) is 19.1 Å². The fourth-order valence-corrected chi connectivity index (χ4v) is 6.51. The quantitative estimate of drug-likeness (QED) is 0.381. The van der Waals surface area contributed by atoms with E-state index < -0.39 is 18.3 Å². The van der Waals surface area contributed by atoms with Gasteiger partial charge in [0.1, 0.15) is 0 Å². The fraction of sp³-hybridized carbons (Fsp3) is 0.520. The zero-order valence-electron chi connectivity index (χ0n) is 20.4. The van der Waals surface area contributed by atoms with Gasteiger partial charge < -0.3 is 4.53 Å². The molecule has 32 heavy (non-hydrogen) atoms. The first-order valence-electron chi connectivity index (χ1n) is 11.5. The van der Waals surface area contributed by atoms with Crippen molar-refractivity contribution < 1.29 is 12.9 Å². The molecule has 0 radical (unpaired) electrons. The van der Waals surface area contributed by atoms with Crippen molar-refractivity contribution in [3.05, 3.63) is 65.2 Å². The number of hydrogen-bond donors (Lipinski definition) is 0. The Labute approximate surface area is 195 Å². The van der Waals surface area contributed by atoms with E-state index in [9.17, 15) is 8.42 Å². The Hall–Kier alpha value is -1.51. The van der Waals surface area contributed by atoms with Gasteiger partial charge in [0.25, 0.3) is 10.0 Å². The molecule has 0 unspecified atom stereocenters. The summed E-state index contributed by atoms with van der Waals surface area (Å²) in [6.45, 7) is 15.6. The minimum Gasteiger partial charge on any atom is -0.329 e. The van der Waals surface area contributed by atoms with Crippen LogP contribution >= 0.6 is 0 Å². The lowest BCUT2D eigenvalue weighted by molar-refractivity contribution is 0.0152. The van der Waals surface area contributed by atoms with E-state index in [1.54, 1.807) is 12.1 Å². The summed E-state index contributed by atoms with van der Waals surface area (Å²) in [5, 5.41) is -0.0926. The molecule has 1 heterocycles. The van der Waals surface area contributed by atoms with Gasteiger partial charge in [0.15, 0.2) is 0 Å². The normalized spacial score (nSPS) is 15.7. The molecule has 0 atom stereocenters. The first-order valence-corrected chi connectivity index (χ1v) is 15.8. The zero-order valence-corrected chi connectivity index (χ0v) is 22.2. The van der Waals surface area contributed by atoms with Crippen LogP contribution in [0.3, 0.4) is 0 Å². The van der Waals surface area contributed by atoms with E-state index >= 15 is 0 Å². The highest BCUT2D eigenvalue weighted by Crippen LogP contribution is 2.38. The molecule has 176 valence electrons. The third kappa shape index (κ3) is 5.88. The smallest absolute Gasteiger partial charge is 0.264 e. The average Bonchev–Trinajstić information content (AvgIpc) is 2.72. The van der Waals surface area contributed by atoms with Crippen molar-refractivity contribution in [1.29, 1.82) is 0 Å². The van der Waals surface area contributed by atoms with Gasteiger partial charge in [-0.25, -0.2) is 8.42 Å². The molecular weight excluding hydrogens is 436 g/mol.